The summed E-state index contributed by atoms with van der Waals surface area (Å²) in [6, 6.07) is 2.41. The summed E-state index contributed by atoms with van der Waals surface area (Å²) in [6.45, 7) is 0. The van der Waals surface area contributed by atoms with Crippen LogP contribution in [0.3, 0.4) is 0 Å². The second-order valence-corrected chi connectivity index (χ2v) is 6.08. The second-order valence-electron chi connectivity index (χ2n) is 6.08. The van der Waals surface area contributed by atoms with Gasteiger partial charge in [-0.15, -0.1) is 0 Å². The molecule has 4 rings (SSSR count). The summed E-state index contributed by atoms with van der Waals surface area (Å²) in [6.07, 6.45) is 8.60. The molecule has 2 aliphatic carbocycles. The van der Waals surface area contributed by atoms with E-state index in [9.17, 15) is 4.79 Å². The number of nitrogens with zero attached hydrogens (tertiary/aromatic N) is 1. The van der Waals surface area contributed by atoms with Crippen LogP contribution < -0.4 is 11.1 Å². The molecule has 3 atom stereocenters. The number of hydrogen-bond acceptors (Lipinski definition) is 3. The van der Waals surface area contributed by atoms with Gasteiger partial charge in [0.15, 0.2) is 0 Å². The van der Waals surface area contributed by atoms with E-state index in [1.165, 1.54) is 25.7 Å². The van der Waals surface area contributed by atoms with Gasteiger partial charge in [-0.05, 0) is 37.2 Å². The Labute approximate surface area is 117 Å². The second kappa shape index (κ2) is 4.23. The van der Waals surface area contributed by atoms with E-state index >= 15 is 0 Å². The van der Waals surface area contributed by atoms with E-state index in [1.807, 2.05) is 12.3 Å². The van der Waals surface area contributed by atoms with Crippen molar-refractivity contribution in [1.82, 2.24) is 9.97 Å². The molecule has 0 spiro atoms. The summed E-state index contributed by atoms with van der Waals surface area (Å²) in [5.41, 5.74) is 7.62. The third kappa shape index (κ3) is 1.69. The van der Waals surface area contributed by atoms with E-state index in [2.05, 4.69) is 15.3 Å². The number of H-pyrrole nitrogens is 1. The average Bonchev–Trinajstić information content (AvgIpc) is 3.14. The van der Waals surface area contributed by atoms with Crippen LogP contribution in [-0.4, -0.2) is 21.9 Å². The Hall–Kier alpha value is -2.04. The highest BCUT2D eigenvalue weighted by Crippen LogP contribution is 2.46. The molecule has 2 aromatic heterocycles. The quantitative estimate of drug-likeness (QED) is 0.800. The largest absolute Gasteiger partial charge is 0.381 e. The van der Waals surface area contributed by atoms with Crippen LogP contribution in [-0.2, 0) is 0 Å². The lowest BCUT2D eigenvalue weighted by atomic mass is 9.94. The smallest absolute Gasteiger partial charge is 0.252 e. The molecule has 20 heavy (non-hydrogen) atoms. The van der Waals surface area contributed by atoms with Gasteiger partial charge in [0.1, 0.15) is 5.65 Å². The molecule has 104 valence electrons. The number of aromatic nitrogens is 2. The maximum absolute atomic E-state index is 11.7. The number of carbonyl (C=O) groups is 1. The molecule has 2 bridgehead atoms. The number of nitrogens with one attached hydrogen (secondary N) is 2. The summed E-state index contributed by atoms with van der Waals surface area (Å²) in [7, 11) is 0. The molecular weight excluding hydrogens is 252 g/mol. The number of pyridine rings is 1. The number of nitrogens with two attached hydrogens (primary N) is 1. The third-order valence-electron chi connectivity index (χ3n) is 4.92. The van der Waals surface area contributed by atoms with Gasteiger partial charge in [-0.3, -0.25) is 4.79 Å². The zero-order valence-electron chi connectivity index (χ0n) is 11.2. The molecule has 1 amide bonds. The number of primary amides is 1. The van der Waals surface area contributed by atoms with E-state index in [4.69, 9.17) is 5.73 Å². The minimum absolute atomic E-state index is 0.425. The number of amides is 1. The Morgan fingerprint density at radius 1 is 1.40 bits per heavy atom. The van der Waals surface area contributed by atoms with Crippen LogP contribution in [0.25, 0.3) is 11.0 Å². The van der Waals surface area contributed by atoms with Crippen molar-refractivity contribution >= 4 is 22.6 Å². The molecule has 2 aliphatic rings. The van der Waals surface area contributed by atoms with Crippen molar-refractivity contribution in [2.75, 3.05) is 5.32 Å². The summed E-state index contributed by atoms with van der Waals surface area (Å²) in [4.78, 5) is 19.0. The van der Waals surface area contributed by atoms with E-state index < -0.39 is 5.91 Å². The highest BCUT2D eigenvalue weighted by molar-refractivity contribution is 6.05. The van der Waals surface area contributed by atoms with Crippen molar-refractivity contribution in [1.29, 1.82) is 0 Å². The number of anilines is 1. The van der Waals surface area contributed by atoms with Crippen molar-refractivity contribution in [3.8, 4) is 0 Å². The minimum atomic E-state index is -0.425. The Morgan fingerprint density at radius 2 is 2.30 bits per heavy atom. The van der Waals surface area contributed by atoms with Crippen molar-refractivity contribution in [2.24, 2.45) is 17.6 Å². The number of rotatable bonds is 3. The molecule has 2 aromatic rings. The average molecular weight is 270 g/mol. The van der Waals surface area contributed by atoms with Gasteiger partial charge < -0.3 is 16.0 Å². The van der Waals surface area contributed by atoms with Crippen LogP contribution in [0.15, 0.2) is 18.5 Å². The van der Waals surface area contributed by atoms with Crippen molar-refractivity contribution in [3.05, 3.63) is 24.0 Å². The Kier molecular flexibility index (Phi) is 2.49. The van der Waals surface area contributed by atoms with Gasteiger partial charge in [-0.25, -0.2) is 4.98 Å². The topological polar surface area (TPSA) is 83.8 Å². The third-order valence-corrected chi connectivity index (χ3v) is 4.92. The molecule has 5 heteroatoms. The van der Waals surface area contributed by atoms with Gasteiger partial charge in [0.25, 0.3) is 5.91 Å². The summed E-state index contributed by atoms with van der Waals surface area (Å²) in [5, 5.41) is 4.54. The van der Waals surface area contributed by atoms with Crippen LogP contribution in [0.1, 0.15) is 36.0 Å². The molecule has 0 saturated heterocycles. The number of carbonyl (C=O) groups excluding carboxylic acids is 1. The molecule has 5 nitrogen and oxygen atoms in total. The van der Waals surface area contributed by atoms with Crippen molar-refractivity contribution in [2.45, 2.75) is 31.7 Å². The zero-order valence-corrected chi connectivity index (χ0v) is 11.2. The number of fused-ring (bicyclic) bond motifs is 3. The number of hydrogen-bond donors (Lipinski definition) is 3. The van der Waals surface area contributed by atoms with Gasteiger partial charge in [0.2, 0.25) is 0 Å². The molecule has 0 aromatic carbocycles. The SMILES string of the molecule is NC(=O)c1cnc2[nH]ccc2c1N[C@@H]1C[C@H]2CC[C@@H]1C2. The molecule has 2 saturated carbocycles. The van der Waals surface area contributed by atoms with Gasteiger partial charge in [-0.2, -0.15) is 0 Å². The van der Waals surface area contributed by atoms with Gasteiger partial charge >= 0.3 is 0 Å². The fourth-order valence-electron chi connectivity index (χ4n) is 3.96. The first-order chi connectivity index (χ1) is 9.72. The van der Waals surface area contributed by atoms with Crippen LogP contribution in [0.5, 0.6) is 0 Å². The maximum Gasteiger partial charge on any atom is 0.252 e. The van der Waals surface area contributed by atoms with Gasteiger partial charge in [0, 0.05) is 23.8 Å². The predicted octanol–water partition coefficient (Wildman–Crippen LogP) is 2.26. The van der Waals surface area contributed by atoms with E-state index in [0.29, 0.717) is 11.6 Å². The molecule has 0 aliphatic heterocycles. The molecule has 2 heterocycles. The summed E-state index contributed by atoms with van der Waals surface area (Å²) < 4.78 is 0. The first-order valence-electron chi connectivity index (χ1n) is 7.25. The first kappa shape index (κ1) is 11.8. The van der Waals surface area contributed by atoms with E-state index in [1.54, 1.807) is 6.20 Å². The molecular formula is C15H18N4O. The van der Waals surface area contributed by atoms with E-state index in [0.717, 1.165) is 28.6 Å². The molecule has 4 N–H and O–H groups in total. The molecule has 2 fully saturated rings. The van der Waals surface area contributed by atoms with Crippen LogP contribution in [0, 0.1) is 11.8 Å². The van der Waals surface area contributed by atoms with Crippen LogP contribution >= 0.6 is 0 Å². The predicted molar refractivity (Wildman–Crippen MR) is 77.5 cm³/mol. The van der Waals surface area contributed by atoms with Crippen LogP contribution in [0.2, 0.25) is 0 Å². The Bertz CT molecular complexity index is 678. The minimum Gasteiger partial charge on any atom is -0.381 e. The molecule has 0 unspecified atom stereocenters. The lowest BCUT2D eigenvalue weighted by Gasteiger charge is -2.25. The van der Waals surface area contributed by atoms with Crippen molar-refractivity contribution in [3.63, 3.8) is 0 Å². The van der Waals surface area contributed by atoms with Gasteiger partial charge in [0.05, 0.1) is 11.3 Å². The Morgan fingerprint density at radius 3 is 3.00 bits per heavy atom. The number of aromatic amines is 1. The first-order valence-corrected chi connectivity index (χ1v) is 7.25. The zero-order chi connectivity index (χ0) is 13.7. The fraction of sp³-hybridized carbons (Fsp3) is 0.467. The summed E-state index contributed by atoms with van der Waals surface area (Å²) in [5.74, 6) is 1.17. The highest BCUT2D eigenvalue weighted by Gasteiger charge is 2.39. The van der Waals surface area contributed by atoms with Crippen molar-refractivity contribution < 1.29 is 4.79 Å². The van der Waals surface area contributed by atoms with Crippen LogP contribution in [0.4, 0.5) is 5.69 Å². The van der Waals surface area contributed by atoms with Gasteiger partial charge in [-0.1, -0.05) is 6.42 Å². The lowest BCUT2D eigenvalue weighted by molar-refractivity contribution is 0.100. The lowest BCUT2D eigenvalue weighted by Crippen LogP contribution is -2.27. The standard InChI is InChI=1S/C15H18N4O/c16-14(20)11-7-18-15-10(3-4-17-15)13(11)19-12-6-8-1-2-9(12)5-8/h3-4,7-9,12H,1-2,5-6H2,(H2,16,20)(H2,17,18,19)/t8-,9+,12+/m0/s1. The fourth-order valence-corrected chi connectivity index (χ4v) is 3.96. The monoisotopic (exact) mass is 270 g/mol. The normalized spacial score (nSPS) is 28.1. The Balaban J connectivity index is 1.75. The summed E-state index contributed by atoms with van der Waals surface area (Å²) >= 11 is 0. The molecule has 0 radical (unpaired) electrons. The maximum atomic E-state index is 11.7. The highest BCUT2D eigenvalue weighted by atomic mass is 16.1. The van der Waals surface area contributed by atoms with E-state index in [-0.39, 0.29) is 0 Å².